The van der Waals surface area contributed by atoms with Crippen LogP contribution in [0.1, 0.15) is 24.5 Å². The summed E-state index contributed by atoms with van der Waals surface area (Å²) in [6.07, 6.45) is 1.25. The third-order valence-electron chi connectivity index (χ3n) is 3.70. The lowest BCUT2D eigenvalue weighted by molar-refractivity contribution is 0.0358. The molecule has 3 rings (SSSR count). The molecule has 0 atom stereocenters. The molecule has 0 radical (unpaired) electrons. The highest BCUT2D eigenvalue weighted by molar-refractivity contribution is 9.11. The Balaban J connectivity index is 2.34. The van der Waals surface area contributed by atoms with Crippen molar-refractivity contribution in [2.24, 2.45) is 0 Å². The second-order valence-electron chi connectivity index (χ2n) is 5.09. The van der Waals surface area contributed by atoms with Crippen LogP contribution in [0.2, 0.25) is 0 Å². The first-order valence-electron chi connectivity index (χ1n) is 6.78. The van der Waals surface area contributed by atoms with Crippen LogP contribution in [0.15, 0.2) is 39.9 Å². The smallest absolute Gasteiger partial charge is 0.305 e. The van der Waals surface area contributed by atoms with E-state index in [4.69, 9.17) is 4.74 Å². The lowest BCUT2D eigenvalue weighted by Gasteiger charge is -2.17. The van der Waals surface area contributed by atoms with E-state index in [2.05, 4.69) is 15.9 Å². The molecule has 1 aromatic rings. The van der Waals surface area contributed by atoms with E-state index in [9.17, 15) is 22.0 Å². The molecule has 1 nitrogen and oxygen atoms in total. The molecule has 0 spiro atoms. The van der Waals surface area contributed by atoms with Crippen molar-refractivity contribution in [3.05, 3.63) is 62.6 Å². The molecule has 0 heterocycles. The summed E-state index contributed by atoms with van der Waals surface area (Å²) in [5.41, 5.74) is -2.54. The normalized spacial score (nSPS) is 19.3. The number of allylic oxidation sites excluding steroid dienone is 5. The van der Waals surface area contributed by atoms with Gasteiger partial charge in [0.15, 0.2) is 17.5 Å². The molecular formula is C16H10BrF5O. The fourth-order valence-corrected chi connectivity index (χ4v) is 3.27. The van der Waals surface area contributed by atoms with Crippen molar-refractivity contribution < 1.29 is 26.7 Å². The van der Waals surface area contributed by atoms with E-state index < -0.39 is 34.5 Å². The minimum absolute atomic E-state index is 0.0399. The summed E-state index contributed by atoms with van der Waals surface area (Å²) < 4.78 is 76.7. The van der Waals surface area contributed by atoms with Gasteiger partial charge in [-0.1, -0.05) is 22.0 Å². The van der Waals surface area contributed by atoms with Crippen LogP contribution < -0.4 is 0 Å². The van der Waals surface area contributed by atoms with Crippen molar-refractivity contribution in [1.29, 1.82) is 0 Å². The molecule has 0 aromatic heterocycles. The predicted octanol–water partition coefficient (Wildman–Crippen LogP) is 5.72. The van der Waals surface area contributed by atoms with Crippen molar-refractivity contribution in [2.45, 2.75) is 19.3 Å². The highest BCUT2D eigenvalue weighted by atomic mass is 79.9. The summed E-state index contributed by atoms with van der Waals surface area (Å²) in [6.45, 7) is 1.68. The van der Waals surface area contributed by atoms with Crippen molar-refractivity contribution >= 4 is 21.5 Å². The molecule has 122 valence electrons. The Hall–Kier alpha value is -1.63. The fraction of sp³-hybridized carbons (Fsp3) is 0.250. The lowest BCUT2D eigenvalue weighted by Crippen LogP contribution is -2.17. The minimum Gasteiger partial charge on any atom is -0.495 e. The first kappa shape index (κ1) is 16.2. The molecule has 1 aromatic carbocycles. The number of alkyl halides is 2. The number of halogens is 6. The van der Waals surface area contributed by atoms with E-state index >= 15 is 0 Å². The van der Waals surface area contributed by atoms with Crippen molar-refractivity contribution in [2.75, 3.05) is 6.61 Å². The maximum atomic E-state index is 14.7. The van der Waals surface area contributed by atoms with E-state index in [-0.39, 0.29) is 29.9 Å². The van der Waals surface area contributed by atoms with Gasteiger partial charge in [-0.25, -0.2) is 13.2 Å². The van der Waals surface area contributed by atoms with Crippen LogP contribution in [0.25, 0.3) is 5.57 Å². The van der Waals surface area contributed by atoms with E-state index in [1.165, 1.54) is 6.08 Å². The highest BCUT2D eigenvalue weighted by Gasteiger charge is 2.52. The summed E-state index contributed by atoms with van der Waals surface area (Å²) in [4.78, 5) is 0. The van der Waals surface area contributed by atoms with Gasteiger partial charge in [-0.3, -0.25) is 0 Å². The average Bonchev–Trinajstić information content (AvgIpc) is 2.60. The summed E-state index contributed by atoms with van der Waals surface area (Å²) in [7, 11) is 0. The lowest BCUT2D eigenvalue weighted by atomic mass is 10.0. The molecule has 0 saturated carbocycles. The Morgan fingerprint density at radius 2 is 1.91 bits per heavy atom. The third-order valence-corrected chi connectivity index (χ3v) is 4.20. The minimum atomic E-state index is -3.99. The Labute approximate surface area is 137 Å². The summed E-state index contributed by atoms with van der Waals surface area (Å²) >= 11 is 3.17. The number of ether oxygens (including phenoxy) is 1. The molecule has 0 fully saturated rings. The molecule has 0 amide bonds. The topological polar surface area (TPSA) is 9.23 Å². The van der Waals surface area contributed by atoms with E-state index in [1.54, 1.807) is 6.92 Å². The SMILES string of the molecule is CCOC1=C(F)C2=C(C=C(Br)C1)c1ccc(F)c(F)c1C2(F)F. The first-order valence-corrected chi connectivity index (χ1v) is 7.57. The Morgan fingerprint density at radius 1 is 1.22 bits per heavy atom. The molecule has 23 heavy (non-hydrogen) atoms. The second kappa shape index (κ2) is 5.47. The maximum Gasteiger partial charge on any atom is 0.305 e. The Morgan fingerprint density at radius 3 is 2.57 bits per heavy atom. The van der Waals surface area contributed by atoms with Gasteiger partial charge in [-0.15, -0.1) is 0 Å². The molecule has 0 aliphatic heterocycles. The van der Waals surface area contributed by atoms with Gasteiger partial charge in [0.2, 0.25) is 0 Å². The summed E-state index contributed by atoms with van der Waals surface area (Å²) in [6, 6.07) is 1.78. The molecular weight excluding hydrogens is 383 g/mol. The van der Waals surface area contributed by atoms with E-state index in [0.717, 1.165) is 12.1 Å². The zero-order chi connectivity index (χ0) is 16.9. The second-order valence-corrected chi connectivity index (χ2v) is 6.10. The van der Waals surface area contributed by atoms with Crippen LogP contribution in [0.5, 0.6) is 0 Å². The van der Waals surface area contributed by atoms with Gasteiger partial charge in [0, 0.05) is 10.9 Å². The maximum absolute atomic E-state index is 14.7. The first-order chi connectivity index (χ1) is 10.8. The predicted molar refractivity (Wildman–Crippen MR) is 78.6 cm³/mol. The van der Waals surface area contributed by atoms with Crippen molar-refractivity contribution in [3.8, 4) is 0 Å². The number of hydrogen-bond acceptors (Lipinski definition) is 1. The van der Waals surface area contributed by atoms with Gasteiger partial charge in [-0.2, -0.15) is 8.78 Å². The molecule has 0 N–H and O–H groups in total. The number of rotatable bonds is 2. The number of hydrogen-bond donors (Lipinski definition) is 0. The van der Waals surface area contributed by atoms with Gasteiger partial charge in [-0.05, 0) is 30.2 Å². The Bertz CT molecular complexity index is 792. The molecule has 0 bridgehead atoms. The largest absolute Gasteiger partial charge is 0.495 e. The molecule has 0 unspecified atom stereocenters. The van der Waals surface area contributed by atoms with Crippen molar-refractivity contribution in [3.63, 3.8) is 0 Å². The van der Waals surface area contributed by atoms with Crippen LogP contribution in [0, 0.1) is 11.6 Å². The summed E-state index contributed by atoms with van der Waals surface area (Å²) in [5.74, 6) is -8.57. The number of fused-ring (bicyclic) bond motifs is 2. The van der Waals surface area contributed by atoms with E-state index in [1.807, 2.05) is 0 Å². The zero-order valence-electron chi connectivity index (χ0n) is 11.8. The van der Waals surface area contributed by atoms with Gasteiger partial charge in [0.25, 0.3) is 0 Å². The monoisotopic (exact) mass is 392 g/mol. The van der Waals surface area contributed by atoms with Crippen LogP contribution in [-0.2, 0) is 10.7 Å². The molecule has 2 aliphatic rings. The van der Waals surface area contributed by atoms with E-state index in [0.29, 0.717) is 4.48 Å². The van der Waals surface area contributed by atoms with Crippen LogP contribution in [-0.4, -0.2) is 6.61 Å². The molecule has 2 aliphatic carbocycles. The van der Waals surface area contributed by atoms with Gasteiger partial charge in [0.1, 0.15) is 5.76 Å². The van der Waals surface area contributed by atoms with Gasteiger partial charge < -0.3 is 4.74 Å². The quantitative estimate of drug-likeness (QED) is 0.584. The molecule has 7 heteroatoms. The average molecular weight is 393 g/mol. The van der Waals surface area contributed by atoms with Gasteiger partial charge in [0.05, 0.1) is 17.7 Å². The third kappa shape index (κ3) is 2.33. The number of benzene rings is 1. The Kier molecular flexibility index (Phi) is 3.86. The van der Waals surface area contributed by atoms with Crippen LogP contribution in [0.3, 0.4) is 0 Å². The van der Waals surface area contributed by atoms with Crippen LogP contribution in [0.4, 0.5) is 22.0 Å². The highest BCUT2D eigenvalue weighted by Crippen LogP contribution is 2.55. The van der Waals surface area contributed by atoms with Gasteiger partial charge >= 0.3 is 5.92 Å². The fourth-order valence-electron chi connectivity index (χ4n) is 2.78. The standard InChI is InChI=1S/C16H10BrF5O/c1-2-23-11-6-7(17)5-9-8-3-4-10(18)14(19)12(8)16(21,22)13(9)15(11)20/h3-5H,2,6H2,1H3. The molecule has 0 saturated heterocycles. The van der Waals surface area contributed by atoms with Crippen LogP contribution >= 0.6 is 15.9 Å². The van der Waals surface area contributed by atoms with Crippen molar-refractivity contribution in [1.82, 2.24) is 0 Å². The zero-order valence-corrected chi connectivity index (χ0v) is 13.4. The summed E-state index contributed by atoms with van der Waals surface area (Å²) in [5, 5.41) is 0.